The van der Waals surface area contributed by atoms with Crippen LogP contribution in [0.15, 0.2) is 24.3 Å². The van der Waals surface area contributed by atoms with Crippen LogP contribution in [0.3, 0.4) is 0 Å². The molecule has 0 unspecified atom stereocenters. The fraction of sp³-hybridized carbons (Fsp3) is 0.364. The van der Waals surface area contributed by atoms with Crippen molar-refractivity contribution in [3.05, 3.63) is 33.4 Å². The van der Waals surface area contributed by atoms with Crippen molar-refractivity contribution in [1.82, 2.24) is 0 Å². The van der Waals surface area contributed by atoms with Crippen molar-refractivity contribution in [3.63, 3.8) is 0 Å². The van der Waals surface area contributed by atoms with Crippen molar-refractivity contribution >= 4 is 26.6 Å². The minimum absolute atomic E-state index is 0.601. The molecule has 1 aromatic carbocycles. The van der Waals surface area contributed by atoms with E-state index in [1.165, 1.54) is 0 Å². The first-order valence-corrected chi connectivity index (χ1v) is 7.84. The van der Waals surface area contributed by atoms with Crippen LogP contribution in [0.25, 0.3) is 0 Å². The van der Waals surface area contributed by atoms with E-state index in [0.29, 0.717) is 3.57 Å². The third-order valence-electron chi connectivity index (χ3n) is 2.32. The van der Waals surface area contributed by atoms with Gasteiger partial charge in [0.1, 0.15) is 0 Å². The zero-order valence-electron chi connectivity index (χ0n) is 9.55. The summed E-state index contributed by atoms with van der Waals surface area (Å²) in [6.45, 7) is 3.48. The van der Waals surface area contributed by atoms with Gasteiger partial charge in [0, 0.05) is 0 Å². The molecule has 1 aliphatic heterocycles. The second kappa shape index (κ2) is 4.37. The fourth-order valence-electron chi connectivity index (χ4n) is 1.51. The van der Waals surface area contributed by atoms with Crippen LogP contribution in [-0.2, 0) is 16.5 Å². The van der Waals surface area contributed by atoms with Gasteiger partial charge >= 0.3 is 110 Å². The summed E-state index contributed by atoms with van der Waals surface area (Å²) in [4.78, 5) is 10.9. The molecule has 18 heavy (non-hydrogen) atoms. The number of hydrogen-bond donors (Lipinski definition) is 0. The molecular weight excluding hydrogens is 364 g/mol. The third kappa shape index (κ3) is 2.46. The summed E-state index contributed by atoms with van der Waals surface area (Å²) in [5, 5.41) is 0. The van der Waals surface area contributed by atoms with Gasteiger partial charge in [-0.2, -0.15) is 0 Å². The van der Waals surface area contributed by atoms with Crippen LogP contribution >= 0.6 is 20.6 Å². The van der Waals surface area contributed by atoms with E-state index in [1.807, 2.05) is 0 Å². The molecule has 2 rings (SSSR count). The first-order chi connectivity index (χ1) is 8.22. The van der Waals surface area contributed by atoms with Crippen molar-refractivity contribution in [2.45, 2.75) is 25.6 Å². The Hall–Kier alpha value is -0.830. The summed E-state index contributed by atoms with van der Waals surface area (Å²) in [7, 11) is 0. The fourth-order valence-corrected chi connectivity index (χ4v) is 5.73. The van der Waals surface area contributed by atoms with Crippen LogP contribution in [0.5, 0.6) is 0 Å². The van der Waals surface area contributed by atoms with Gasteiger partial charge in [-0.05, 0) is 0 Å². The van der Waals surface area contributed by atoms with Gasteiger partial charge in [0.2, 0.25) is 0 Å². The van der Waals surface area contributed by atoms with Crippen LogP contribution in [0.2, 0.25) is 0 Å². The molecule has 0 bridgehead atoms. The number of benzene rings is 1. The topological polar surface area (TPSA) is 35.5 Å². The Kier molecular flexibility index (Phi) is 3.30. The molecule has 0 saturated heterocycles. The molecule has 0 aliphatic carbocycles. The van der Waals surface area contributed by atoms with Crippen molar-refractivity contribution < 1.29 is 24.1 Å². The number of carbonyl (C=O) groups excluding carboxylic acids is 1. The summed E-state index contributed by atoms with van der Waals surface area (Å²) in [6.07, 6.45) is -4.98. The normalized spacial score (nSPS) is 19.5. The number of carbonyl (C=O) groups is 1. The molecule has 3 nitrogen and oxygen atoms in total. The Labute approximate surface area is 110 Å². The predicted molar refractivity (Wildman–Crippen MR) is 65.4 cm³/mol. The Morgan fingerprint density at radius 2 is 1.94 bits per heavy atom. The van der Waals surface area contributed by atoms with Crippen LogP contribution in [0, 0.1) is 3.57 Å². The molecule has 0 amide bonds. The molecular formula is C11H10F3IO3. The quantitative estimate of drug-likeness (QED) is 0.706. The van der Waals surface area contributed by atoms with Crippen molar-refractivity contribution in [2.24, 2.45) is 0 Å². The van der Waals surface area contributed by atoms with Gasteiger partial charge in [0.25, 0.3) is 0 Å². The second-order valence-electron chi connectivity index (χ2n) is 4.15. The Morgan fingerprint density at radius 1 is 1.33 bits per heavy atom. The summed E-state index contributed by atoms with van der Waals surface area (Å²) in [6, 6.07) is 6.89. The van der Waals surface area contributed by atoms with Crippen LogP contribution in [-0.4, -0.2) is 12.1 Å². The van der Waals surface area contributed by atoms with Gasteiger partial charge in [-0.15, -0.1) is 0 Å². The number of rotatable bonds is 1. The Balaban J connectivity index is 2.26. The van der Waals surface area contributed by atoms with E-state index in [4.69, 9.17) is 3.07 Å². The molecule has 0 N–H and O–H groups in total. The van der Waals surface area contributed by atoms with Gasteiger partial charge in [0.05, 0.1) is 0 Å². The SMILES string of the molecule is CC1(C)OI(OC(=O)C(F)(F)F)c2ccccc21. The molecule has 1 aliphatic rings. The number of halogens is 4. The van der Waals surface area contributed by atoms with Crippen LogP contribution in [0.1, 0.15) is 19.4 Å². The van der Waals surface area contributed by atoms with E-state index in [0.717, 1.165) is 5.56 Å². The number of fused-ring (bicyclic) bond motifs is 1. The van der Waals surface area contributed by atoms with Gasteiger partial charge in [-0.1, -0.05) is 0 Å². The summed E-state index contributed by atoms with van der Waals surface area (Å²) < 4.78 is 47.1. The molecule has 100 valence electrons. The van der Waals surface area contributed by atoms with E-state index in [-0.39, 0.29) is 0 Å². The summed E-state index contributed by atoms with van der Waals surface area (Å²) in [5.74, 6) is -2.18. The predicted octanol–water partition coefficient (Wildman–Crippen LogP) is 3.56. The number of hydrogen-bond acceptors (Lipinski definition) is 3. The molecule has 0 fully saturated rings. The van der Waals surface area contributed by atoms with Crippen LogP contribution < -0.4 is 0 Å². The zero-order valence-corrected chi connectivity index (χ0v) is 11.7. The standard InChI is InChI=1S/C11H10F3IO3/c1-10(2)7-5-3-4-6-8(7)15(18-10)17-9(16)11(12,13)14/h3-6H,1-2H3. The van der Waals surface area contributed by atoms with E-state index in [1.54, 1.807) is 38.1 Å². The molecule has 1 aromatic rings. The second-order valence-corrected chi connectivity index (χ2v) is 7.43. The van der Waals surface area contributed by atoms with Crippen molar-refractivity contribution in [2.75, 3.05) is 0 Å². The minimum atomic E-state index is -4.98. The Morgan fingerprint density at radius 3 is 2.56 bits per heavy atom. The molecule has 7 heteroatoms. The number of alkyl halides is 3. The molecule has 1 heterocycles. The van der Waals surface area contributed by atoms with Crippen molar-refractivity contribution in [3.8, 4) is 0 Å². The Bertz CT molecular complexity index is 485. The average molecular weight is 374 g/mol. The maximum absolute atomic E-state index is 12.2. The molecule has 0 aromatic heterocycles. The first-order valence-electron chi connectivity index (χ1n) is 5.00. The van der Waals surface area contributed by atoms with Crippen LogP contribution in [0.4, 0.5) is 13.2 Å². The van der Waals surface area contributed by atoms with E-state index >= 15 is 0 Å². The third-order valence-corrected chi connectivity index (χ3v) is 6.51. The van der Waals surface area contributed by atoms with E-state index in [2.05, 4.69) is 3.07 Å². The van der Waals surface area contributed by atoms with E-state index < -0.39 is 38.4 Å². The molecule has 0 saturated carbocycles. The van der Waals surface area contributed by atoms with Gasteiger partial charge in [-0.3, -0.25) is 0 Å². The molecule has 0 spiro atoms. The first kappa shape index (κ1) is 13.6. The average Bonchev–Trinajstić information content (AvgIpc) is 2.50. The van der Waals surface area contributed by atoms with Gasteiger partial charge in [0.15, 0.2) is 0 Å². The summed E-state index contributed by atoms with van der Waals surface area (Å²) >= 11 is -3.02. The van der Waals surface area contributed by atoms with Crippen molar-refractivity contribution in [1.29, 1.82) is 0 Å². The van der Waals surface area contributed by atoms with Gasteiger partial charge in [-0.25, -0.2) is 0 Å². The monoisotopic (exact) mass is 374 g/mol. The molecule has 0 radical (unpaired) electrons. The zero-order chi connectivity index (χ0) is 13.6. The van der Waals surface area contributed by atoms with E-state index in [9.17, 15) is 18.0 Å². The molecule has 0 atom stereocenters. The maximum atomic E-state index is 12.2. The summed E-state index contributed by atoms with van der Waals surface area (Å²) in [5.41, 5.74) is 0.0676. The van der Waals surface area contributed by atoms with Gasteiger partial charge < -0.3 is 0 Å².